The molecule has 2 aromatic rings. The summed E-state index contributed by atoms with van der Waals surface area (Å²) < 4.78 is 5.11. The molecule has 0 saturated carbocycles. The van der Waals surface area contributed by atoms with E-state index in [2.05, 4.69) is 5.32 Å². The van der Waals surface area contributed by atoms with E-state index in [4.69, 9.17) is 4.74 Å². The quantitative estimate of drug-likeness (QED) is 0.359. The minimum absolute atomic E-state index is 0.117. The van der Waals surface area contributed by atoms with Crippen molar-refractivity contribution in [2.24, 2.45) is 0 Å². The molecule has 0 aliphatic rings. The molecule has 1 N–H and O–H groups in total. The number of nitro groups is 1. The van der Waals surface area contributed by atoms with Gasteiger partial charge >= 0.3 is 5.97 Å². The highest BCUT2D eigenvalue weighted by molar-refractivity contribution is 7.12. The number of carbonyl (C=O) groups is 2. The number of ether oxygens (including phenoxy) is 1. The molecule has 0 unspecified atom stereocenters. The van der Waals surface area contributed by atoms with Crippen LogP contribution in [0.4, 0.5) is 5.69 Å². The molecule has 7 nitrogen and oxygen atoms in total. The number of carbonyl (C=O) groups excluding carboxylic acids is 2. The van der Waals surface area contributed by atoms with Crippen molar-refractivity contribution in [2.45, 2.75) is 13.3 Å². The average Bonchev–Trinajstić information content (AvgIpc) is 3.08. The first-order valence-electron chi connectivity index (χ1n) is 7.23. The maximum atomic E-state index is 12.0. The summed E-state index contributed by atoms with van der Waals surface area (Å²) in [6, 6.07) is 7.80. The van der Waals surface area contributed by atoms with Gasteiger partial charge in [-0.1, -0.05) is 12.1 Å². The predicted molar refractivity (Wildman–Crippen MR) is 89.4 cm³/mol. The molecule has 0 radical (unpaired) electrons. The van der Waals surface area contributed by atoms with Crippen molar-refractivity contribution >= 4 is 28.9 Å². The smallest absolute Gasteiger partial charge is 0.338 e. The van der Waals surface area contributed by atoms with Crippen LogP contribution >= 0.6 is 11.3 Å². The fraction of sp³-hybridized carbons (Fsp3) is 0.250. The van der Waals surface area contributed by atoms with E-state index in [1.54, 1.807) is 12.1 Å². The van der Waals surface area contributed by atoms with Crippen LogP contribution in [0.1, 0.15) is 32.0 Å². The average molecular weight is 348 g/mol. The second-order valence-corrected chi connectivity index (χ2v) is 5.88. The van der Waals surface area contributed by atoms with Crippen LogP contribution in [0.15, 0.2) is 35.7 Å². The molecule has 1 amide bonds. The Labute approximate surface area is 142 Å². The van der Waals surface area contributed by atoms with Crippen molar-refractivity contribution in [3.05, 3.63) is 61.8 Å². The Hall–Kier alpha value is -2.74. The Kier molecular flexibility index (Phi) is 6.02. The number of nitrogens with zero attached hydrogens (tertiary/aromatic N) is 1. The van der Waals surface area contributed by atoms with Crippen molar-refractivity contribution in [3.63, 3.8) is 0 Å². The maximum Gasteiger partial charge on any atom is 0.338 e. The maximum absolute atomic E-state index is 12.0. The number of hydrogen-bond acceptors (Lipinski definition) is 6. The van der Waals surface area contributed by atoms with Gasteiger partial charge in [0.15, 0.2) is 0 Å². The number of amides is 1. The lowest BCUT2D eigenvalue weighted by molar-refractivity contribution is -0.385. The molecule has 24 heavy (non-hydrogen) atoms. The number of thiophene rings is 1. The normalized spacial score (nSPS) is 10.2. The Morgan fingerprint density at radius 2 is 2.08 bits per heavy atom. The van der Waals surface area contributed by atoms with E-state index in [9.17, 15) is 19.7 Å². The number of nitro benzene ring substituents is 1. The van der Waals surface area contributed by atoms with E-state index >= 15 is 0 Å². The zero-order valence-electron chi connectivity index (χ0n) is 13.0. The van der Waals surface area contributed by atoms with Crippen LogP contribution in [-0.2, 0) is 4.74 Å². The van der Waals surface area contributed by atoms with Gasteiger partial charge in [-0.2, -0.15) is 0 Å². The summed E-state index contributed by atoms with van der Waals surface area (Å²) >= 11 is 1.35. The van der Waals surface area contributed by atoms with Crippen molar-refractivity contribution in [1.82, 2.24) is 5.32 Å². The SMILES string of the molecule is Cc1c(C(=O)OCCCNC(=O)c2cccs2)cccc1[N+](=O)[O-]. The Balaban J connectivity index is 1.79. The van der Waals surface area contributed by atoms with Gasteiger partial charge in [0.05, 0.1) is 22.0 Å². The predicted octanol–water partition coefficient (Wildman–Crippen LogP) is 2.94. The van der Waals surface area contributed by atoms with Crippen molar-refractivity contribution < 1.29 is 19.2 Å². The van der Waals surface area contributed by atoms with Gasteiger partial charge in [0.2, 0.25) is 0 Å². The third-order valence-corrected chi connectivity index (χ3v) is 4.18. The Bertz CT molecular complexity index is 743. The molecule has 0 aliphatic carbocycles. The zero-order chi connectivity index (χ0) is 17.5. The van der Waals surface area contributed by atoms with Crippen LogP contribution < -0.4 is 5.32 Å². The first kappa shape index (κ1) is 17.6. The summed E-state index contributed by atoms with van der Waals surface area (Å²) in [7, 11) is 0. The van der Waals surface area contributed by atoms with Crippen LogP contribution in [0, 0.1) is 17.0 Å². The molecular formula is C16H16N2O5S. The summed E-state index contributed by atoms with van der Waals surface area (Å²) in [4.78, 5) is 34.7. The summed E-state index contributed by atoms with van der Waals surface area (Å²) in [5.41, 5.74) is 0.331. The number of hydrogen-bond donors (Lipinski definition) is 1. The topological polar surface area (TPSA) is 98.5 Å². The van der Waals surface area contributed by atoms with Gasteiger partial charge in [0.25, 0.3) is 11.6 Å². The summed E-state index contributed by atoms with van der Waals surface area (Å²) in [6.45, 7) is 2.00. The molecule has 0 bridgehead atoms. The molecule has 0 fully saturated rings. The largest absolute Gasteiger partial charge is 0.462 e. The van der Waals surface area contributed by atoms with E-state index in [1.165, 1.54) is 36.5 Å². The number of esters is 1. The molecule has 0 saturated heterocycles. The molecule has 126 valence electrons. The number of nitrogens with one attached hydrogen (secondary N) is 1. The highest BCUT2D eigenvalue weighted by atomic mass is 32.1. The molecule has 1 heterocycles. The molecule has 0 spiro atoms. The highest BCUT2D eigenvalue weighted by Crippen LogP contribution is 2.21. The molecule has 1 aromatic heterocycles. The van der Waals surface area contributed by atoms with Crippen LogP contribution in [-0.4, -0.2) is 30.0 Å². The fourth-order valence-electron chi connectivity index (χ4n) is 2.05. The molecule has 0 aliphatic heterocycles. The standard InChI is InChI=1S/C16H16N2O5S/c1-11-12(5-2-6-13(11)18(21)22)16(20)23-9-4-8-17-15(19)14-7-3-10-24-14/h2-3,5-7,10H,4,8-9H2,1H3,(H,17,19). The Morgan fingerprint density at radius 3 is 2.75 bits per heavy atom. The van der Waals surface area contributed by atoms with E-state index in [1.807, 2.05) is 5.38 Å². The molecule has 8 heteroatoms. The van der Waals surface area contributed by atoms with E-state index in [0.29, 0.717) is 17.8 Å². The minimum Gasteiger partial charge on any atom is -0.462 e. The van der Waals surface area contributed by atoms with Crippen LogP contribution in [0.5, 0.6) is 0 Å². The van der Waals surface area contributed by atoms with Crippen molar-refractivity contribution in [1.29, 1.82) is 0 Å². The third kappa shape index (κ3) is 4.39. The number of rotatable bonds is 7. The van der Waals surface area contributed by atoms with E-state index in [-0.39, 0.29) is 29.3 Å². The lowest BCUT2D eigenvalue weighted by Gasteiger charge is -2.08. The zero-order valence-corrected chi connectivity index (χ0v) is 13.8. The van der Waals surface area contributed by atoms with Crippen LogP contribution in [0.3, 0.4) is 0 Å². The van der Waals surface area contributed by atoms with Crippen molar-refractivity contribution in [2.75, 3.05) is 13.2 Å². The molecular weight excluding hydrogens is 332 g/mol. The minimum atomic E-state index is -0.610. The fourth-order valence-corrected chi connectivity index (χ4v) is 2.69. The lowest BCUT2D eigenvalue weighted by Crippen LogP contribution is -2.24. The Morgan fingerprint density at radius 1 is 1.29 bits per heavy atom. The summed E-state index contributed by atoms with van der Waals surface area (Å²) in [5, 5.41) is 15.4. The number of benzene rings is 1. The van der Waals surface area contributed by atoms with Gasteiger partial charge in [-0.15, -0.1) is 11.3 Å². The summed E-state index contributed by atoms with van der Waals surface area (Å²) in [6.07, 6.45) is 0.455. The van der Waals surface area contributed by atoms with E-state index in [0.717, 1.165) is 0 Å². The summed E-state index contributed by atoms with van der Waals surface area (Å²) in [5.74, 6) is -0.772. The highest BCUT2D eigenvalue weighted by Gasteiger charge is 2.18. The molecule has 0 atom stereocenters. The first-order chi connectivity index (χ1) is 11.5. The van der Waals surface area contributed by atoms with E-state index < -0.39 is 10.9 Å². The first-order valence-corrected chi connectivity index (χ1v) is 8.11. The van der Waals surface area contributed by atoms with Gasteiger partial charge in [0, 0.05) is 18.2 Å². The van der Waals surface area contributed by atoms with Gasteiger partial charge in [-0.25, -0.2) is 4.79 Å². The van der Waals surface area contributed by atoms with Gasteiger partial charge in [-0.3, -0.25) is 14.9 Å². The molecule has 2 rings (SSSR count). The molecule has 1 aromatic carbocycles. The van der Waals surface area contributed by atoms with Gasteiger partial charge in [0.1, 0.15) is 0 Å². The van der Waals surface area contributed by atoms with Gasteiger partial charge < -0.3 is 10.1 Å². The van der Waals surface area contributed by atoms with Gasteiger partial charge in [-0.05, 0) is 30.9 Å². The third-order valence-electron chi connectivity index (χ3n) is 3.31. The van der Waals surface area contributed by atoms with Crippen LogP contribution in [0.2, 0.25) is 0 Å². The van der Waals surface area contributed by atoms with Crippen molar-refractivity contribution in [3.8, 4) is 0 Å². The second-order valence-electron chi connectivity index (χ2n) is 4.93. The monoisotopic (exact) mass is 348 g/mol. The second kappa shape index (κ2) is 8.21. The lowest BCUT2D eigenvalue weighted by atomic mass is 10.1. The van der Waals surface area contributed by atoms with Crippen LogP contribution in [0.25, 0.3) is 0 Å².